The summed E-state index contributed by atoms with van der Waals surface area (Å²) < 4.78 is 15.3. The normalized spacial score (nSPS) is 15.9. The van der Waals surface area contributed by atoms with E-state index in [4.69, 9.17) is 0 Å². The third-order valence-corrected chi connectivity index (χ3v) is 4.42. The number of hydrogen-bond acceptors (Lipinski definition) is 5. The number of allylic oxidation sites excluding steroid dienone is 1. The summed E-state index contributed by atoms with van der Waals surface area (Å²) in [6, 6.07) is 15.1. The average Bonchev–Trinajstić information content (AvgIpc) is 3.13. The van der Waals surface area contributed by atoms with Gasteiger partial charge in [0, 0.05) is 12.2 Å². The number of aromatic nitrogens is 4. The summed E-state index contributed by atoms with van der Waals surface area (Å²) in [5.41, 5.74) is 2.64. The molecule has 0 saturated heterocycles. The van der Waals surface area contributed by atoms with E-state index in [1.54, 1.807) is 19.1 Å². The van der Waals surface area contributed by atoms with Gasteiger partial charge in [0.05, 0.1) is 5.57 Å². The second-order valence-electron chi connectivity index (χ2n) is 6.24. The zero-order chi connectivity index (χ0) is 18.8. The second kappa shape index (κ2) is 6.99. The number of nitrogens with one attached hydrogen (secondary N) is 2. The standard InChI is InChI=1S/C19H17FN6O/c1-12-16(18(27)21-11-13-6-3-2-4-7-13)17(14-8-5-9-15(20)10-14)26-19(22-12)23-24-25-26/h2-10,17H,11H2,1H3,(H,21,27)(H,22,23,25). The van der Waals surface area contributed by atoms with Crippen LogP contribution in [-0.4, -0.2) is 26.1 Å². The lowest BCUT2D eigenvalue weighted by molar-refractivity contribution is -0.118. The fourth-order valence-electron chi connectivity index (χ4n) is 3.16. The number of amides is 1. The maximum absolute atomic E-state index is 13.8. The Morgan fingerprint density at radius 1 is 1.22 bits per heavy atom. The molecule has 136 valence electrons. The Hall–Kier alpha value is -3.55. The van der Waals surface area contributed by atoms with Gasteiger partial charge in [-0.1, -0.05) is 47.6 Å². The fraction of sp³-hybridized carbons (Fsp3) is 0.158. The molecule has 1 aromatic heterocycles. The minimum atomic E-state index is -0.622. The van der Waals surface area contributed by atoms with E-state index in [0.29, 0.717) is 29.3 Å². The summed E-state index contributed by atoms with van der Waals surface area (Å²) in [4.78, 5) is 13.0. The molecule has 3 aromatic rings. The Morgan fingerprint density at radius 2 is 2.04 bits per heavy atom. The maximum atomic E-state index is 13.8. The highest BCUT2D eigenvalue weighted by Crippen LogP contribution is 2.34. The highest BCUT2D eigenvalue weighted by molar-refractivity contribution is 5.96. The first-order chi connectivity index (χ1) is 13.1. The highest BCUT2D eigenvalue weighted by atomic mass is 19.1. The van der Waals surface area contributed by atoms with Crippen molar-refractivity contribution in [1.29, 1.82) is 0 Å². The minimum absolute atomic E-state index is 0.265. The van der Waals surface area contributed by atoms with Crippen LogP contribution < -0.4 is 10.6 Å². The number of fused-ring (bicyclic) bond motifs is 1. The first kappa shape index (κ1) is 16.9. The van der Waals surface area contributed by atoms with Crippen molar-refractivity contribution in [3.63, 3.8) is 0 Å². The van der Waals surface area contributed by atoms with Gasteiger partial charge in [-0.25, -0.2) is 4.39 Å². The van der Waals surface area contributed by atoms with Crippen molar-refractivity contribution in [3.8, 4) is 0 Å². The smallest absolute Gasteiger partial charge is 0.251 e. The van der Waals surface area contributed by atoms with Crippen LogP contribution >= 0.6 is 0 Å². The monoisotopic (exact) mass is 364 g/mol. The molecule has 1 aliphatic rings. The van der Waals surface area contributed by atoms with Gasteiger partial charge >= 0.3 is 0 Å². The van der Waals surface area contributed by atoms with Gasteiger partial charge in [-0.15, -0.1) is 0 Å². The molecular formula is C19H17FN6O. The van der Waals surface area contributed by atoms with Crippen LogP contribution in [0.25, 0.3) is 0 Å². The van der Waals surface area contributed by atoms with Crippen molar-refractivity contribution in [2.75, 3.05) is 5.32 Å². The minimum Gasteiger partial charge on any atom is -0.348 e. The molecule has 8 heteroatoms. The maximum Gasteiger partial charge on any atom is 0.251 e. The molecule has 0 aliphatic carbocycles. The van der Waals surface area contributed by atoms with Crippen molar-refractivity contribution in [1.82, 2.24) is 25.5 Å². The number of hydrogen-bond donors (Lipinski definition) is 2. The summed E-state index contributed by atoms with van der Waals surface area (Å²) in [5.74, 6) is -0.247. The van der Waals surface area contributed by atoms with Crippen molar-refractivity contribution >= 4 is 11.9 Å². The van der Waals surface area contributed by atoms with E-state index < -0.39 is 6.04 Å². The predicted molar refractivity (Wildman–Crippen MR) is 97.0 cm³/mol. The van der Waals surface area contributed by atoms with Crippen LogP contribution in [0.2, 0.25) is 0 Å². The lowest BCUT2D eigenvalue weighted by atomic mass is 9.95. The molecule has 0 fully saturated rings. The first-order valence-electron chi connectivity index (χ1n) is 8.47. The van der Waals surface area contributed by atoms with E-state index in [0.717, 1.165) is 5.56 Å². The number of rotatable bonds is 4. The van der Waals surface area contributed by atoms with E-state index >= 15 is 0 Å². The van der Waals surface area contributed by atoms with Crippen LogP contribution in [0.4, 0.5) is 10.3 Å². The molecule has 27 heavy (non-hydrogen) atoms. The summed E-state index contributed by atoms with van der Waals surface area (Å²) >= 11 is 0. The molecule has 0 radical (unpaired) electrons. The second-order valence-corrected chi connectivity index (χ2v) is 6.24. The molecule has 0 spiro atoms. The lowest BCUT2D eigenvalue weighted by Crippen LogP contribution is -2.35. The molecule has 4 rings (SSSR count). The zero-order valence-electron chi connectivity index (χ0n) is 14.6. The number of benzene rings is 2. The van der Waals surface area contributed by atoms with Crippen LogP contribution in [0.5, 0.6) is 0 Å². The summed E-state index contributed by atoms with van der Waals surface area (Å²) in [7, 11) is 0. The van der Waals surface area contributed by atoms with Gasteiger partial charge < -0.3 is 10.6 Å². The van der Waals surface area contributed by atoms with Gasteiger partial charge in [0.2, 0.25) is 5.95 Å². The molecule has 0 saturated carbocycles. The number of nitrogens with zero attached hydrogens (tertiary/aromatic N) is 4. The Kier molecular flexibility index (Phi) is 4.37. The molecular weight excluding hydrogens is 347 g/mol. The number of halogens is 1. The fourth-order valence-corrected chi connectivity index (χ4v) is 3.16. The summed E-state index contributed by atoms with van der Waals surface area (Å²) in [6.45, 7) is 2.16. The van der Waals surface area contributed by atoms with Gasteiger partial charge in [-0.3, -0.25) is 4.79 Å². The SMILES string of the molecule is CC1=C(C(=O)NCc2ccccc2)C(c2cccc(F)c2)n2nnnc2N1. The third-order valence-electron chi connectivity index (χ3n) is 4.42. The quantitative estimate of drug-likeness (QED) is 0.743. The van der Waals surface area contributed by atoms with Crippen LogP contribution in [-0.2, 0) is 11.3 Å². The Morgan fingerprint density at radius 3 is 2.81 bits per heavy atom. The van der Waals surface area contributed by atoms with Gasteiger partial charge in [-0.05, 0) is 40.6 Å². The molecule has 0 bridgehead atoms. The van der Waals surface area contributed by atoms with Gasteiger partial charge in [-0.2, -0.15) is 4.68 Å². The van der Waals surface area contributed by atoms with Crippen molar-refractivity contribution in [3.05, 3.63) is 82.8 Å². The predicted octanol–water partition coefficient (Wildman–Crippen LogP) is 2.42. The van der Waals surface area contributed by atoms with E-state index in [-0.39, 0.29) is 11.7 Å². The first-order valence-corrected chi connectivity index (χ1v) is 8.47. The van der Waals surface area contributed by atoms with Crippen molar-refractivity contribution in [2.24, 2.45) is 0 Å². The number of carbonyl (C=O) groups is 1. The molecule has 2 aromatic carbocycles. The topological polar surface area (TPSA) is 84.7 Å². The van der Waals surface area contributed by atoms with Crippen LogP contribution in [0.3, 0.4) is 0 Å². The summed E-state index contributed by atoms with van der Waals surface area (Å²) in [6.07, 6.45) is 0. The largest absolute Gasteiger partial charge is 0.348 e. The zero-order valence-corrected chi connectivity index (χ0v) is 14.6. The van der Waals surface area contributed by atoms with Crippen LogP contribution in [0, 0.1) is 5.82 Å². The van der Waals surface area contributed by atoms with Gasteiger partial charge in [0.25, 0.3) is 5.91 Å². The van der Waals surface area contributed by atoms with Gasteiger partial charge in [0.15, 0.2) is 0 Å². The molecule has 7 nitrogen and oxygen atoms in total. The van der Waals surface area contributed by atoms with Crippen molar-refractivity contribution in [2.45, 2.75) is 19.5 Å². The van der Waals surface area contributed by atoms with Crippen LogP contribution in [0.1, 0.15) is 24.1 Å². The highest BCUT2D eigenvalue weighted by Gasteiger charge is 2.34. The molecule has 1 amide bonds. The van der Waals surface area contributed by atoms with E-state index in [1.165, 1.54) is 16.8 Å². The lowest BCUT2D eigenvalue weighted by Gasteiger charge is -2.28. The molecule has 2 N–H and O–H groups in total. The van der Waals surface area contributed by atoms with Crippen LogP contribution in [0.15, 0.2) is 65.9 Å². The van der Waals surface area contributed by atoms with Crippen molar-refractivity contribution < 1.29 is 9.18 Å². The number of tetrazole rings is 1. The molecule has 1 atom stereocenters. The number of anilines is 1. The van der Waals surface area contributed by atoms with E-state index in [9.17, 15) is 9.18 Å². The Bertz CT molecular complexity index is 1010. The van der Waals surface area contributed by atoms with E-state index in [2.05, 4.69) is 26.2 Å². The van der Waals surface area contributed by atoms with Gasteiger partial charge in [0.1, 0.15) is 11.9 Å². The average molecular weight is 364 g/mol. The summed E-state index contributed by atoms with van der Waals surface area (Å²) in [5, 5.41) is 17.5. The Balaban J connectivity index is 1.69. The molecule has 1 aliphatic heterocycles. The Labute approximate surface area is 154 Å². The van der Waals surface area contributed by atoms with E-state index in [1.807, 2.05) is 30.3 Å². The third kappa shape index (κ3) is 3.29. The molecule has 1 unspecified atom stereocenters. The number of carbonyl (C=O) groups excluding carboxylic acids is 1. The molecule has 2 heterocycles.